The second-order valence-corrected chi connectivity index (χ2v) is 16.4. The van der Waals surface area contributed by atoms with E-state index in [1.165, 1.54) is 0 Å². The molecule has 338 valence electrons. The van der Waals surface area contributed by atoms with Crippen molar-refractivity contribution in [1.29, 1.82) is 0 Å². The molecule has 0 radical (unpaired) electrons. The molecule has 3 saturated heterocycles. The molecule has 0 aromatic heterocycles. The molecule has 0 amide bonds. The maximum atomic E-state index is 11.8. The van der Waals surface area contributed by atoms with Crippen molar-refractivity contribution in [3.05, 3.63) is 215 Å². The molecular weight excluding hydrogens is 825 g/mol. The van der Waals surface area contributed by atoms with Crippen LogP contribution in [0.4, 0.5) is 0 Å². The van der Waals surface area contributed by atoms with Crippen LogP contribution in [0.5, 0.6) is 0 Å². The van der Waals surface area contributed by atoms with Crippen LogP contribution in [-0.4, -0.2) is 79.7 Å². The van der Waals surface area contributed by atoms with E-state index in [-0.39, 0.29) is 39.6 Å². The first kappa shape index (κ1) is 45.1. The van der Waals surface area contributed by atoms with Crippen LogP contribution < -0.4 is 0 Å². The molecule has 0 saturated carbocycles. The van der Waals surface area contributed by atoms with Gasteiger partial charge in [0.05, 0.1) is 46.2 Å². The maximum Gasteiger partial charge on any atom is 0.187 e. The van der Waals surface area contributed by atoms with Gasteiger partial charge in [-0.1, -0.05) is 182 Å². The van der Waals surface area contributed by atoms with E-state index >= 15 is 0 Å². The monoisotopic (exact) mass is 880 g/mol. The molecule has 3 fully saturated rings. The first-order valence-electron chi connectivity index (χ1n) is 22.3. The predicted octanol–water partition coefficient (Wildman–Crippen LogP) is 8.49. The fraction of sp³-hybridized carbons (Fsp3) is 0.333. The lowest BCUT2D eigenvalue weighted by Crippen LogP contribution is -2.67. The third-order valence-corrected chi connectivity index (χ3v) is 11.8. The van der Waals surface area contributed by atoms with Crippen molar-refractivity contribution < 1.29 is 52.5 Å². The first-order chi connectivity index (χ1) is 32.1. The third-order valence-electron chi connectivity index (χ3n) is 11.8. The molecule has 11 nitrogen and oxygen atoms in total. The molecule has 11 heteroatoms. The minimum absolute atomic E-state index is 0.0560. The summed E-state index contributed by atoms with van der Waals surface area (Å²) in [5.74, 6) is 0. The highest BCUT2D eigenvalue weighted by Crippen LogP contribution is 2.39. The van der Waals surface area contributed by atoms with Crippen LogP contribution in [0, 0.1) is 0 Å². The summed E-state index contributed by atoms with van der Waals surface area (Å²) < 4.78 is 67.4. The Morgan fingerprint density at radius 2 is 0.862 bits per heavy atom. The molecule has 11 atom stereocenters. The van der Waals surface area contributed by atoms with E-state index in [9.17, 15) is 5.11 Å². The van der Waals surface area contributed by atoms with Crippen molar-refractivity contribution >= 4 is 0 Å². The van der Waals surface area contributed by atoms with Crippen molar-refractivity contribution in [1.82, 2.24) is 0 Å². The fourth-order valence-corrected chi connectivity index (χ4v) is 8.45. The molecule has 65 heavy (non-hydrogen) atoms. The topological polar surface area (TPSA) is 113 Å². The summed E-state index contributed by atoms with van der Waals surface area (Å²) in [6.07, 6.45) is -9.50. The number of hydrogen-bond acceptors (Lipinski definition) is 11. The van der Waals surface area contributed by atoms with Gasteiger partial charge in [0.2, 0.25) is 0 Å². The maximum absolute atomic E-state index is 11.8. The van der Waals surface area contributed by atoms with Gasteiger partial charge in [0.25, 0.3) is 0 Å². The molecule has 3 aliphatic rings. The molecule has 6 aromatic carbocycles. The molecule has 9 rings (SSSR count). The Morgan fingerprint density at radius 3 is 1.37 bits per heavy atom. The summed E-state index contributed by atoms with van der Waals surface area (Å²) in [5, 5.41) is 11.8. The highest BCUT2D eigenvalue weighted by molar-refractivity contribution is 5.19. The zero-order chi connectivity index (χ0) is 44.0. The second kappa shape index (κ2) is 22.9. The molecular formula is C54H56O11. The molecule has 1 unspecified atom stereocenters. The van der Waals surface area contributed by atoms with Crippen molar-refractivity contribution in [2.75, 3.05) is 13.2 Å². The van der Waals surface area contributed by atoms with Gasteiger partial charge in [0, 0.05) is 5.56 Å². The molecule has 3 aliphatic heterocycles. The Bertz CT molecular complexity index is 2260. The van der Waals surface area contributed by atoms with Crippen LogP contribution in [0.1, 0.15) is 39.7 Å². The Kier molecular flexibility index (Phi) is 15.8. The summed E-state index contributed by atoms with van der Waals surface area (Å²) in [4.78, 5) is 0. The van der Waals surface area contributed by atoms with Gasteiger partial charge in [0.15, 0.2) is 18.9 Å². The van der Waals surface area contributed by atoms with Crippen molar-refractivity contribution in [2.24, 2.45) is 0 Å². The van der Waals surface area contributed by atoms with Crippen LogP contribution in [0.3, 0.4) is 0 Å². The molecule has 0 spiro atoms. The standard InChI is InChI=1S/C54H56O11/c55-52-50(59-34-41-25-13-4-14-26-41)48(57-32-39-21-9-2-10-22-39)46(44(62-52)36-56-31-38-19-7-1-8-20-38)65-54-51(60-35-42-27-15-5-16-28-42)49(58-33-40-23-11-3-12-24-40)47-45(63-54)37-61-53(64-47)43-29-17-6-18-30-43/h1-30,44-55H,31-37H2/t44-,45-,46-,47+,48+,49+,50-,51-,52?,53+,54+/m1/s1. The van der Waals surface area contributed by atoms with Gasteiger partial charge >= 0.3 is 0 Å². The lowest BCUT2D eigenvalue weighted by molar-refractivity contribution is -0.396. The van der Waals surface area contributed by atoms with E-state index in [1.54, 1.807) is 0 Å². The number of ether oxygens (including phenoxy) is 10. The third kappa shape index (κ3) is 12.0. The highest BCUT2D eigenvalue weighted by Gasteiger charge is 2.55. The summed E-state index contributed by atoms with van der Waals surface area (Å²) in [6.45, 7) is 1.47. The molecule has 0 bridgehead atoms. The quantitative estimate of drug-likeness (QED) is 0.0846. The van der Waals surface area contributed by atoms with Crippen molar-refractivity contribution in [2.45, 2.75) is 101 Å². The molecule has 3 heterocycles. The average molecular weight is 881 g/mol. The largest absolute Gasteiger partial charge is 0.374 e. The number of aliphatic hydroxyl groups excluding tert-OH is 1. The van der Waals surface area contributed by atoms with Crippen molar-refractivity contribution in [3.63, 3.8) is 0 Å². The van der Waals surface area contributed by atoms with E-state index in [1.807, 2.05) is 182 Å². The normalized spacial score (nSPS) is 27.7. The number of hydrogen-bond donors (Lipinski definition) is 1. The number of fused-ring (bicyclic) bond motifs is 1. The van der Waals surface area contributed by atoms with E-state index < -0.39 is 67.7 Å². The number of rotatable bonds is 19. The Labute approximate surface area is 380 Å². The van der Waals surface area contributed by atoms with Gasteiger partial charge in [-0.2, -0.15) is 0 Å². The Hall–Kier alpha value is -5.12. The summed E-state index contributed by atoms with van der Waals surface area (Å²) >= 11 is 0. The summed E-state index contributed by atoms with van der Waals surface area (Å²) in [5.41, 5.74) is 5.67. The first-order valence-corrected chi connectivity index (χ1v) is 22.3. The zero-order valence-corrected chi connectivity index (χ0v) is 36.2. The van der Waals surface area contributed by atoms with Crippen LogP contribution in [-0.2, 0) is 80.4 Å². The number of benzene rings is 6. The van der Waals surface area contributed by atoms with Gasteiger partial charge in [-0.15, -0.1) is 0 Å². The Balaban J connectivity index is 1.07. The Morgan fingerprint density at radius 1 is 0.431 bits per heavy atom. The molecule has 1 N–H and O–H groups in total. The lowest BCUT2D eigenvalue weighted by Gasteiger charge is -2.51. The minimum Gasteiger partial charge on any atom is -0.374 e. The van der Waals surface area contributed by atoms with Gasteiger partial charge < -0.3 is 52.5 Å². The second-order valence-electron chi connectivity index (χ2n) is 16.4. The van der Waals surface area contributed by atoms with E-state index in [4.69, 9.17) is 47.4 Å². The zero-order valence-electron chi connectivity index (χ0n) is 36.2. The van der Waals surface area contributed by atoms with Gasteiger partial charge in [-0.3, -0.25) is 0 Å². The van der Waals surface area contributed by atoms with Crippen LogP contribution in [0.15, 0.2) is 182 Å². The lowest BCUT2D eigenvalue weighted by atomic mass is 9.95. The summed E-state index contributed by atoms with van der Waals surface area (Å²) in [7, 11) is 0. The molecule has 6 aromatic rings. The fourth-order valence-electron chi connectivity index (χ4n) is 8.45. The minimum atomic E-state index is -1.39. The van der Waals surface area contributed by atoms with E-state index in [0.717, 1.165) is 33.4 Å². The van der Waals surface area contributed by atoms with Crippen LogP contribution in [0.2, 0.25) is 0 Å². The SMILES string of the molecule is OC1O[C@H](COCc2ccccc2)[C@@H](O[C@@H]2O[C@@H]3CO[C@H](c4ccccc4)O[C@@H]3[C@H](OCc3ccccc3)[C@H]2OCc2ccccc2)[C@H](OCc2ccccc2)[C@H]1OCc1ccccc1. The van der Waals surface area contributed by atoms with Crippen LogP contribution >= 0.6 is 0 Å². The van der Waals surface area contributed by atoms with Gasteiger partial charge in [-0.25, -0.2) is 0 Å². The van der Waals surface area contributed by atoms with Crippen molar-refractivity contribution in [3.8, 4) is 0 Å². The molecule has 0 aliphatic carbocycles. The highest BCUT2D eigenvalue weighted by atomic mass is 16.8. The predicted molar refractivity (Wildman–Crippen MR) is 241 cm³/mol. The van der Waals surface area contributed by atoms with E-state index in [0.29, 0.717) is 6.61 Å². The van der Waals surface area contributed by atoms with Gasteiger partial charge in [-0.05, 0) is 27.8 Å². The number of aliphatic hydroxyl groups is 1. The van der Waals surface area contributed by atoms with Gasteiger partial charge in [0.1, 0.15) is 48.8 Å². The average Bonchev–Trinajstić information content (AvgIpc) is 3.36. The van der Waals surface area contributed by atoms with Crippen LogP contribution in [0.25, 0.3) is 0 Å². The summed E-state index contributed by atoms with van der Waals surface area (Å²) in [6, 6.07) is 59.3. The van der Waals surface area contributed by atoms with E-state index in [2.05, 4.69) is 0 Å². The smallest absolute Gasteiger partial charge is 0.187 e.